The number of carbonyl (C=O) groups is 2. The fourth-order valence-electron chi connectivity index (χ4n) is 2.08. The first-order chi connectivity index (χ1) is 12.2. The molecule has 1 aromatic carbocycles. The molecule has 2 rings (SSSR count). The highest BCUT2D eigenvalue weighted by molar-refractivity contribution is 7.15. The first kappa shape index (κ1) is 19.7. The van der Waals surface area contributed by atoms with E-state index in [1.54, 1.807) is 20.8 Å². The van der Waals surface area contributed by atoms with Gasteiger partial charge in [0.05, 0.1) is 4.92 Å². The van der Waals surface area contributed by atoms with Crippen LogP contribution in [0.3, 0.4) is 0 Å². The number of hydrogen-bond donors (Lipinski definition) is 2. The molecule has 0 spiro atoms. The second kappa shape index (κ2) is 8.19. The van der Waals surface area contributed by atoms with E-state index in [1.807, 2.05) is 0 Å². The second-order valence-corrected chi connectivity index (χ2v) is 7.32. The van der Waals surface area contributed by atoms with Crippen molar-refractivity contribution in [3.05, 3.63) is 43.9 Å². The fourth-order valence-corrected chi connectivity index (χ4v) is 2.86. The summed E-state index contributed by atoms with van der Waals surface area (Å²) in [5.74, 6) is -1.30. The largest absolute Gasteiger partial charge is 0.340 e. The van der Waals surface area contributed by atoms with Crippen LogP contribution >= 0.6 is 22.9 Å². The maximum atomic E-state index is 12.4. The molecule has 26 heavy (non-hydrogen) atoms. The van der Waals surface area contributed by atoms with Gasteiger partial charge in [0.25, 0.3) is 11.6 Å². The Morgan fingerprint density at radius 3 is 2.54 bits per heavy atom. The quantitative estimate of drug-likeness (QED) is 0.569. The van der Waals surface area contributed by atoms with Gasteiger partial charge in [0.2, 0.25) is 11.0 Å². The summed E-state index contributed by atoms with van der Waals surface area (Å²) < 4.78 is 0. The van der Waals surface area contributed by atoms with Crippen LogP contribution < -0.4 is 10.6 Å². The number of nitrogens with one attached hydrogen (secondary N) is 2. The Morgan fingerprint density at radius 2 is 2.00 bits per heavy atom. The molecule has 138 valence electrons. The van der Waals surface area contributed by atoms with E-state index >= 15 is 0 Å². The lowest BCUT2D eigenvalue weighted by Crippen LogP contribution is -2.47. The van der Waals surface area contributed by atoms with E-state index in [4.69, 9.17) is 11.6 Å². The molecule has 0 aliphatic carbocycles. The molecule has 0 unspecified atom stereocenters. The number of aryl methyl sites for hydroxylation is 1. The molecular weight excluding hydrogens is 382 g/mol. The zero-order valence-corrected chi connectivity index (χ0v) is 15.7. The molecule has 0 aliphatic heterocycles. The summed E-state index contributed by atoms with van der Waals surface area (Å²) in [7, 11) is 0. The van der Waals surface area contributed by atoms with Gasteiger partial charge in [0, 0.05) is 11.6 Å². The van der Waals surface area contributed by atoms with E-state index in [-0.39, 0.29) is 22.2 Å². The molecule has 2 amide bonds. The fraction of sp³-hybridized carbons (Fsp3) is 0.333. The van der Waals surface area contributed by atoms with E-state index in [9.17, 15) is 19.7 Å². The summed E-state index contributed by atoms with van der Waals surface area (Å²) in [6, 6.07) is 2.83. The average Bonchev–Trinajstić information content (AvgIpc) is 2.96. The van der Waals surface area contributed by atoms with Crippen LogP contribution in [-0.2, 0) is 4.79 Å². The van der Waals surface area contributed by atoms with Crippen molar-refractivity contribution in [3.63, 3.8) is 0 Å². The SMILES string of the molecule is Cc1nnc(NC(=O)[C@@H](NC(=O)c2ccc(Cl)c([N+](=O)[O-])c2)C(C)C)s1. The lowest BCUT2D eigenvalue weighted by Gasteiger charge is -2.21. The van der Waals surface area contributed by atoms with Gasteiger partial charge in [-0.3, -0.25) is 25.0 Å². The number of hydrogen-bond acceptors (Lipinski definition) is 7. The third-order valence-corrected chi connectivity index (χ3v) is 4.47. The zero-order chi connectivity index (χ0) is 19.4. The monoisotopic (exact) mass is 397 g/mol. The molecule has 0 radical (unpaired) electrons. The van der Waals surface area contributed by atoms with Gasteiger partial charge in [-0.15, -0.1) is 10.2 Å². The average molecular weight is 398 g/mol. The van der Waals surface area contributed by atoms with Gasteiger partial charge in [-0.05, 0) is 25.0 Å². The summed E-state index contributed by atoms with van der Waals surface area (Å²) in [6.45, 7) is 5.28. The summed E-state index contributed by atoms with van der Waals surface area (Å²) in [5.41, 5.74) is -0.347. The number of halogens is 1. The first-order valence-electron chi connectivity index (χ1n) is 7.54. The summed E-state index contributed by atoms with van der Waals surface area (Å²) >= 11 is 6.96. The molecule has 1 atom stereocenters. The highest BCUT2D eigenvalue weighted by atomic mass is 35.5. The topological polar surface area (TPSA) is 127 Å². The minimum atomic E-state index is -0.860. The third-order valence-electron chi connectivity index (χ3n) is 3.40. The van der Waals surface area contributed by atoms with Crippen LogP contribution in [0, 0.1) is 23.0 Å². The van der Waals surface area contributed by atoms with Crippen molar-refractivity contribution in [3.8, 4) is 0 Å². The molecule has 0 saturated carbocycles. The van der Waals surface area contributed by atoms with E-state index in [2.05, 4.69) is 20.8 Å². The molecule has 11 heteroatoms. The number of carbonyl (C=O) groups excluding carboxylic acids is 2. The van der Waals surface area contributed by atoms with E-state index in [0.29, 0.717) is 10.1 Å². The van der Waals surface area contributed by atoms with Gasteiger partial charge in [0.15, 0.2) is 0 Å². The van der Waals surface area contributed by atoms with Crippen molar-refractivity contribution in [2.75, 3.05) is 5.32 Å². The van der Waals surface area contributed by atoms with Crippen molar-refractivity contribution < 1.29 is 14.5 Å². The van der Waals surface area contributed by atoms with Gasteiger partial charge >= 0.3 is 0 Å². The normalized spacial score (nSPS) is 11.9. The highest BCUT2D eigenvalue weighted by Gasteiger charge is 2.26. The maximum Gasteiger partial charge on any atom is 0.288 e. The number of rotatable bonds is 6. The standard InChI is InChI=1S/C15H16ClN5O4S/c1-7(2)12(14(23)18-15-20-19-8(3)26-15)17-13(22)9-4-5-10(16)11(6-9)21(24)25/h4-7,12H,1-3H3,(H,17,22)(H,18,20,23)/t12-/m0/s1. The Hall–Kier alpha value is -2.59. The van der Waals surface area contributed by atoms with E-state index in [0.717, 1.165) is 6.07 Å². The molecule has 9 nitrogen and oxygen atoms in total. The number of benzene rings is 1. The molecule has 1 heterocycles. The zero-order valence-electron chi connectivity index (χ0n) is 14.1. The third kappa shape index (κ3) is 4.73. The number of aromatic nitrogens is 2. The Morgan fingerprint density at radius 1 is 1.31 bits per heavy atom. The number of nitrogens with zero attached hydrogens (tertiary/aromatic N) is 3. The highest BCUT2D eigenvalue weighted by Crippen LogP contribution is 2.25. The predicted octanol–water partition coefficient (Wildman–Crippen LogP) is 2.80. The van der Waals surface area contributed by atoms with Crippen LogP contribution in [-0.4, -0.2) is 33.0 Å². The van der Waals surface area contributed by atoms with Gasteiger partial charge in [0.1, 0.15) is 16.1 Å². The van der Waals surface area contributed by atoms with Crippen LogP contribution in [0.1, 0.15) is 29.2 Å². The van der Waals surface area contributed by atoms with Crippen molar-refractivity contribution in [2.45, 2.75) is 26.8 Å². The predicted molar refractivity (Wildman–Crippen MR) is 97.5 cm³/mol. The van der Waals surface area contributed by atoms with Gasteiger partial charge < -0.3 is 5.32 Å². The molecule has 0 saturated heterocycles. The lowest BCUT2D eigenvalue weighted by molar-refractivity contribution is -0.384. The van der Waals surface area contributed by atoms with E-state index in [1.165, 1.54) is 23.5 Å². The molecule has 0 fully saturated rings. The Kier molecular flexibility index (Phi) is 6.22. The van der Waals surface area contributed by atoms with Gasteiger partial charge in [-0.2, -0.15) is 0 Å². The van der Waals surface area contributed by atoms with Crippen LogP contribution in [0.25, 0.3) is 0 Å². The van der Waals surface area contributed by atoms with Gasteiger partial charge in [-0.25, -0.2) is 0 Å². The van der Waals surface area contributed by atoms with Crippen molar-refractivity contribution in [2.24, 2.45) is 5.92 Å². The summed E-state index contributed by atoms with van der Waals surface area (Å²) in [4.78, 5) is 35.1. The Bertz CT molecular complexity index is 854. The van der Waals surface area contributed by atoms with E-state index < -0.39 is 22.8 Å². The molecular formula is C15H16ClN5O4S. The van der Waals surface area contributed by atoms with Crippen molar-refractivity contribution in [1.29, 1.82) is 0 Å². The number of nitro benzene ring substituents is 1. The number of anilines is 1. The Balaban J connectivity index is 2.16. The smallest absolute Gasteiger partial charge is 0.288 e. The molecule has 2 N–H and O–H groups in total. The summed E-state index contributed by atoms with van der Waals surface area (Å²) in [6.07, 6.45) is 0. The second-order valence-electron chi connectivity index (χ2n) is 5.73. The van der Waals surface area contributed by atoms with Crippen LogP contribution in [0.4, 0.5) is 10.8 Å². The maximum absolute atomic E-state index is 12.4. The van der Waals surface area contributed by atoms with Gasteiger partial charge in [-0.1, -0.05) is 36.8 Å². The minimum Gasteiger partial charge on any atom is -0.340 e. The van der Waals surface area contributed by atoms with Crippen molar-refractivity contribution >= 4 is 45.6 Å². The van der Waals surface area contributed by atoms with Crippen LogP contribution in [0.15, 0.2) is 18.2 Å². The Labute approximate surface area is 157 Å². The lowest BCUT2D eigenvalue weighted by atomic mass is 10.0. The van der Waals surface area contributed by atoms with Crippen LogP contribution in [0.2, 0.25) is 5.02 Å². The molecule has 0 bridgehead atoms. The van der Waals surface area contributed by atoms with Crippen LogP contribution in [0.5, 0.6) is 0 Å². The molecule has 2 aromatic rings. The first-order valence-corrected chi connectivity index (χ1v) is 8.74. The minimum absolute atomic E-state index is 0.0336. The molecule has 0 aliphatic rings. The van der Waals surface area contributed by atoms with Crippen molar-refractivity contribution in [1.82, 2.24) is 15.5 Å². The molecule has 1 aromatic heterocycles. The summed E-state index contributed by atoms with van der Waals surface area (Å²) in [5, 5.41) is 24.7. The number of nitro groups is 1. The number of amides is 2.